The van der Waals surface area contributed by atoms with Gasteiger partial charge in [-0.25, -0.2) is 0 Å². The molecule has 2 unspecified atom stereocenters. The van der Waals surface area contributed by atoms with E-state index in [1.54, 1.807) is 0 Å². The summed E-state index contributed by atoms with van der Waals surface area (Å²) in [6.45, 7) is 13.2. The first-order valence-electron chi connectivity index (χ1n) is 8.48. The van der Waals surface area contributed by atoms with Gasteiger partial charge in [0.05, 0.1) is 0 Å². The van der Waals surface area contributed by atoms with Gasteiger partial charge in [-0.1, -0.05) is 13.8 Å². The summed E-state index contributed by atoms with van der Waals surface area (Å²) >= 11 is 0. The molecule has 0 aromatic rings. The molecule has 2 fully saturated rings. The Balaban J connectivity index is 1.48. The van der Waals surface area contributed by atoms with E-state index in [0.29, 0.717) is 24.4 Å². The predicted octanol–water partition coefficient (Wildman–Crippen LogP) is 0.421. The van der Waals surface area contributed by atoms with Crippen molar-refractivity contribution >= 4 is 5.91 Å². The van der Waals surface area contributed by atoms with Gasteiger partial charge in [0.2, 0.25) is 5.91 Å². The number of nitrogens with one attached hydrogen (secondary N) is 3. The largest absolute Gasteiger partial charge is 0.356 e. The summed E-state index contributed by atoms with van der Waals surface area (Å²) < 4.78 is 0. The molecule has 2 aliphatic heterocycles. The SMILES string of the molecule is CC(C)NCCN1CC(CC(C)NCC2CNC(=O)C2)C1. The summed E-state index contributed by atoms with van der Waals surface area (Å²) in [7, 11) is 0. The fraction of sp³-hybridized carbons (Fsp3) is 0.938. The molecule has 3 N–H and O–H groups in total. The Kier molecular flexibility index (Phi) is 6.45. The summed E-state index contributed by atoms with van der Waals surface area (Å²) in [5, 5.41) is 9.96. The highest BCUT2D eigenvalue weighted by Gasteiger charge is 2.28. The number of nitrogens with zero attached hydrogens (tertiary/aromatic N) is 1. The highest BCUT2D eigenvalue weighted by molar-refractivity contribution is 5.78. The molecule has 0 aliphatic carbocycles. The molecule has 2 saturated heterocycles. The zero-order valence-electron chi connectivity index (χ0n) is 13.8. The average Bonchev–Trinajstić information content (AvgIpc) is 2.78. The minimum Gasteiger partial charge on any atom is -0.356 e. The van der Waals surface area contributed by atoms with Gasteiger partial charge in [0, 0.05) is 57.8 Å². The zero-order valence-corrected chi connectivity index (χ0v) is 13.8. The van der Waals surface area contributed by atoms with Gasteiger partial charge >= 0.3 is 0 Å². The standard InChI is InChI=1S/C16H32N4O/c1-12(2)17-4-5-20-10-15(11-20)6-13(3)18-8-14-7-16(21)19-9-14/h12-15,17-18H,4-11H2,1-3H3,(H,19,21). The smallest absolute Gasteiger partial charge is 0.220 e. The van der Waals surface area contributed by atoms with Crippen LogP contribution in [0.3, 0.4) is 0 Å². The average molecular weight is 296 g/mol. The third-order valence-electron chi connectivity index (χ3n) is 4.52. The van der Waals surface area contributed by atoms with Crippen LogP contribution in [0.1, 0.15) is 33.6 Å². The van der Waals surface area contributed by atoms with Crippen molar-refractivity contribution in [2.24, 2.45) is 11.8 Å². The number of carbonyl (C=O) groups excluding carboxylic acids is 1. The second kappa shape index (κ2) is 8.11. The van der Waals surface area contributed by atoms with E-state index in [2.05, 4.69) is 41.6 Å². The van der Waals surface area contributed by atoms with E-state index >= 15 is 0 Å². The van der Waals surface area contributed by atoms with Crippen LogP contribution < -0.4 is 16.0 Å². The molecule has 2 heterocycles. The lowest BCUT2D eigenvalue weighted by molar-refractivity contribution is -0.119. The first-order chi connectivity index (χ1) is 10.0. The molecule has 0 aromatic heterocycles. The predicted molar refractivity (Wildman–Crippen MR) is 86.3 cm³/mol. The van der Waals surface area contributed by atoms with Gasteiger partial charge in [0.15, 0.2) is 0 Å². The van der Waals surface area contributed by atoms with E-state index < -0.39 is 0 Å². The van der Waals surface area contributed by atoms with Gasteiger partial charge in [-0.15, -0.1) is 0 Å². The molecular formula is C16H32N4O. The van der Waals surface area contributed by atoms with E-state index in [4.69, 9.17) is 0 Å². The van der Waals surface area contributed by atoms with Crippen molar-refractivity contribution in [3.05, 3.63) is 0 Å². The Morgan fingerprint density at radius 1 is 1.24 bits per heavy atom. The highest BCUT2D eigenvalue weighted by atomic mass is 16.1. The van der Waals surface area contributed by atoms with Crippen molar-refractivity contribution < 1.29 is 4.79 Å². The molecule has 1 amide bonds. The Labute approximate surface area is 129 Å². The van der Waals surface area contributed by atoms with Crippen LogP contribution in [0, 0.1) is 11.8 Å². The summed E-state index contributed by atoms with van der Waals surface area (Å²) in [5.41, 5.74) is 0. The van der Waals surface area contributed by atoms with Gasteiger partial charge in [0.25, 0.3) is 0 Å². The Bertz CT molecular complexity index is 328. The van der Waals surface area contributed by atoms with Gasteiger partial charge in [-0.3, -0.25) is 4.79 Å². The van der Waals surface area contributed by atoms with Crippen LogP contribution in [0.25, 0.3) is 0 Å². The Morgan fingerprint density at radius 2 is 2.00 bits per heavy atom. The molecule has 5 heteroatoms. The van der Waals surface area contributed by atoms with Crippen molar-refractivity contribution in [3.63, 3.8) is 0 Å². The van der Waals surface area contributed by atoms with Crippen molar-refractivity contribution in [1.82, 2.24) is 20.9 Å². The van der Waals surface area contributed by atoms with Gasteiger partial charge in [0.1, 0.15) is 0 Å². The van der Waals surface area contributed by atoms with Crippen LogP contribution in [0.15, 0.2) is 0 Å². The molecule has 21 heavy (non-hydrogen) atoms. The second-order valence-electron chi connectivity index (χ2n) is 7.15. The Hall–Kier alpha value is -0.650. The lowest BCUT2D eigenvalue weighted by atomic mass is 9.92. The maximum absolute atomic E-state index is 11.1. The minimum atomic E-state index is 0.207. The number of hydrogen-bond acceptors (Lipinski definition) is 4. The van der Waals surface area contributed by atoms with Crippen LogP contribution in [0.4, 0.5) is 0 Å². The van der Waals surface area contributed by atoms with E-state index in [1.165, 1.54) is 26.1 Å². The number of hydrogen-bond donors (Lipinski definition) is 3. The first-order valence-corrected chi connectivity index (χ1v) is 8.48. The molecule has 2 rings (SSSR count). The molecule has 122 valence electrons. The van der Waals surface area contributed by atoms with Crippen LogP contribution >= 0.6 is 0 Å². The van der Waals surface area contributed by atoms with Crippen molar-refractivity contribution in [3.8, 4) is 0 Å². The lowest BCUT2D eigenvalue weighted by Gasteiger charge is -2.40. The van der Waals surface area contributed by atoms with Crippen molar-refractivity contribution in [2.75, 3.05) is 39.3 Å². The van der Waals surface area contributed by atoms with Crippen LogP contribution in [-0.2, 0) is 4.79 Å². The van der Waals surface area contributed by atoms with Crippen LogP contribution in [-0.4, -0.2) is 62.2 Å². The third kappa shape index (κ3) is 5.93. The molecule has 0 bridgehead atoms. The zero-order chi connectivity index (χ0) is 15.2. The monoisotopic (exact) mass is 296 g/mol. The van der Waals surface area contributed by atoms with E-state index in [9.17, 15) is 4.79 Å². The summed E-state index contributed by atoms with van der Waals surface area (Å²) in [5.74, 6) is 1.54. The molecule has 0 saturated carbocycles. The number of rotatable bonds is 9. The normalized spacial score (nSPS) is 25.1. The van der Waals surface area contributed by atoms with E-state index in [-0.39, 0.29) is 5.91 Å². The van der Waals surface area contributed by atoms with Gasteiger partial charge < -0.3 is 20.9 Å². The van der Waals surface area contributed by atoms with Gasteiger partial charge in [-0.2, -0.15) is 0 Å². The summed E-state index contributed by atoms with van der Waals surface area (Å²) in [6.07, 6.45) is 1.95. The third-order valence-corrected chi connectivity index (χ3v) is 4.52. The lowest BCUT2D eigenvalue weighted by Crippen LogP contribution is -2.51. The molecule has 5 nitrogen and oxygen atoms in total. The van der Waals surface area contributed by atoms with Crippen molar-refractivity contribution in [1.29, 1.82) is 0 Å². The fourth-order valence-corrected chi connectivity index (χ4v) is 3.28. The number of carbonyl (C=O) groups is 1. The topological polar surface area (TPSA) is 56.4 Å². The maximum atomic E-state index is 11.1. The molecule has 2 aliphatic rings. The minimum absolute atomic E-state index is 0.207. The fourth-order valence-electron chi connectivity index (χ4n) is 3.28. The van der Waals surface area contributed by atoms with Gasteiger partial charge in [-0.05, 0) is 25.2 Å². The summed E-state index contributed by atoms with van der Waals surface area (Å²) in [4.78, 5) is 13.7. The molecule has 0 spiro atoms. The quantitative estimate of drug-likeness (QED) is 0.577. The molecule has 2 atom stereocenters. The highest BCUT2D eigenvalue weighted by Crippen LogP contribution is 2.20. The number of likely N-dealkylation sites (tertiary alicyclic amines) is 1. The Morgan fingerprint density at radius 3 is 2.62 bits per heavy atom. The van der Waals surface area contributed by atoms with E-state index in [0.717, 1.165) is 25.6 Å². The van der Waals surface area contributed by atoms with E-state index in [1.807, 2.05) is 0 Å². The molecule has 0 aromatic carbocycles. The molecular weight excluding hydrogens is 264 g/mol. The van der Waals surface area contributed by atoms with Crippen LogP contribution in [0.5, 0.6) is 0 Å². The summed E-state index contributed by atoms with van der Waals surface area (Å²) in [6, 6.07) is 1.14. The van der Waals surface area contributed by atoms with Crippen molar-refractivity contribution in [2.45, 2.75) is 45.7 Å². The first kappa shape index (κ1) is 16.7. The maximum Gasteiger partial charge on any atom is 0.220 e. The second-order valence-corrected chi connectivity index (χ2v) is 7.15. The molecule has 0 radical (unpaired) electrons. The number of amides is 1. The van der Waals surface area contributed by atoms with Crippen LogP contribution in [0.2, 0.25) is 0 Å².